The van der Waals surface area contributed by atoms with Gasteiger partial charge in [-0.15, -0.1) is 0 Å². The minimum atomic E-state index is -0.376. The summed E-state index contributed by atoms with van der Waals surface area (Å²) < 4.78 is 7.42. The molecule has 2 aromatic rings. The number of aliphatic hydroxyl groups is 1. The first-order valence-electron chi connectivity index (χ1n) is 12.0. The monoisotopic (exact) mass is 428 g/mol. The van der Waals surface area contributed by atoms with Crippen LogP contribution < -0.4 is 4.90 Å². The molecule has 0 atom stereocenters. The zero-order valence-corrected chi connectivity index (χ0v) is 19.1. The number of ether oxygens (including phenoxy) is 1. The van der Waals surface area contributed by atoms with Gasteiger partial charge >= 0.3 is 5.97 Å². The number of aromatic nitrogens is 3. The number of fused-ring (bicyclic) bond motifs is 1. The maximum atomic E-state index is 12.7. The van der Waals surface area contributed by atoms with Gasteiger partial charge in [0, 0.05) is 19.7 Å². The summed E-state index contributed by atoms with van der Waals surface area (Å²) in [4.78, 5) is 19.8. The van der Waals surface area contributed by atoms with E-state index in [-0.39, 0.29) is 18.5 Å². The lowest BCUT2D eigenvalue weighted by atomic mass is 9.95. The van der Waals surface area contributed by atoms with Crippen LogP contribution in [-0.4, -0.2) is 52.1 Å². The van der Waals surface area contributed by atoms with E-state index in [1.54, 1.807) is 0 Å². The molecule has 0 radical (unpaired) electrons. The molecule has 3 heterocycles. The Labute approximate surface area is 184 Å². The first-order valence-corrected chi connectivity index (χ1v) is 12.0. The van der Waals surface area contributed by atoms with Crippen molar-refractivity contribution >= 4 is 22.7 Å². The lowest BCUT2D eigenvalue weighted by molar-refractivity contribution is 0.0520. The number of carbonyl (C=O) groups is 1. The quantitative estimate of drug-likeness (QED) is 0.685. The van der Waals surface area contributed by atoms with Crippen molar-refractivity contribution in [3.05, 3.63) is 17.5 Å². The molecule has 0 bridgehead atoms. The number of hydrogen-bond donors (Lipinski definition) is 1. The van der Waals surface area contributed by atoms with Crippen LogP contribution in [0.25, 0.3) is 11.0 Å². The second-order valence-corrected chi connectivity index (χ2v) is 9.34. The molecule has 1 aliphatic carbocycles. The molecule has 1 aliphatic heterocycles. The van der Waals surface area contributed by atoms with Gasteiger partial charge in [0.15, 0.2) is 11.3 Å². The summed E-state index contributed by atoms with van der Waals surface area (Å²) in [6.45, 7) is 8.46. The van der Waals surface area contributed by atoms with E-state index in [4.69, 9.17) is 14.8 Å². The average Bonchev–Trinajstić information content (AvgIpc) is 3.19. The molecule has 7 nitrogen and oxygen atoms in total. The van der Waals surface area contributed by atoms with Crippen molar-refractivity contribution < 1.29 is 14.6 Å². The highest BCUT2D eigenvalue weighted by Gasteiger charge is 2.29. The zero-order chi connectivity index (χ0) is 22.0. The van der Waals surface area contributed by atoms with Gasteiger partial charge in [-0.3, -0.25) is 0 Å². The Morgan fingerprint density at radius 1 is 1.19 bits per heavy atom. The number of hydrogen-bond acceptors (Lipinski definition) is 6. The molecule has 0 unspecified atom stereocenters. The Morgan fingerprint density at radius 3 is 2.52 bits per heavy atom. The Bertz CT molecular complexity index is 909. The number of pyridine rings is 1. The first-order chi connectivity index (χ1) is 15.0. The zero-order valence-electron chi connectivity index (χ0n) is 19.1. The van der Waals surface area contributed by atoms with E-state index < -0.39 is 0 Å². The minimum absolute atomic E-state index is 0.241. The van der Waals surface area contributed by atoms with Crippen molar-refractivity contribution in [2.45, 2.75) is 77.7 Å². The number of carbonyl (C=O) groups excluding carboxylic acids is 1. The third-order valence-corrected chi connectivity index (χ3v) is 6.83. The van der Waals surface area contributed by atoms with Crippen LogP contribution in [0.5, 0.6) is 0 Å². The van der Waals surface area contributed by atoms with Crippen molar-refractivity contribution in [1.29, 1.82) is 0 Å². The van der Waals surface area contributed by atoms with Crippen molar-refractivity contribution in [2.75, 3.05) is 31.2 Å². The highest BCUT2D eigenvalue weighted by molar-refractivity contribution is 5.98. The molecular weight excluding hydrogens is 392 g/mol. The van der Waals surface area contributed by atoms with E-state index in [1.807, 2.05) is 13.0 Å². The molecule has 4 rings (SSSR count). The van der Waals surface area contributed by atoms with Gasteiger partial charge in [-0.25, -0.2) is 14.5 Å². The molecule has 2 aliphatic rings. The normalized spacial score (nSPS) is 18.8. The smallest absolute Gasteiger partial charge is 0.357 e. The standard InChI is InChI=1S/C24H36N4O3/c1-4-31-24(30)19-14-20(27-12-10-17(15-29)11-13-27)21-22(16(2)3)26-28(23(21)25-19)18-8-6-5-7-9-18/h14,16-18,29H,4-13,15H2,1-3H3. The fourth-order valence-corrected chi connectivity index (χ4v) is 5.04. The number of esters is 1. The van der Waals surface area contributed by atoms with Crippen LogP contribution in [-0.2, 0) is 4.74 Å². The summed E-state index contributed by atoms with van der Waals surface area (Å²) in [6.07, 6.45) is 7.81. The second-order valence-electron chi connectivity index (χ2n) is 9.34. The number of nitrogens with zero attached hydrogens (tertiary/aromatic N) is 4. The second kappa shape index (κ2) is 9.55. The topological polar surface area (TPSA) is 80.5 Å². The summed E-state index contributed by atoms with van der Waals surface area (Å²) in [7, 11) is 0. The van der Waals surface area contributed by atoms with Gasteiger partial charge < -0.3 is 14.7 Å². The van der Waals surface area contributed by atoms with Crippen LogP contribution in [0.2, 0.25) is 0 Å². The lowest BCUT2D eigenvalue weighted by Gasteiger charge is -2.33. The summed E-state index contributed by atoms with van der Waals surface area (Å²) in [5.74, 6) is 0.238. The van der Waals surface area contributed by atoms with Crippen molar-refractivity contribution in [2.24, 2.45) is 5.92 Å². The van der Waals surface area contributed by atoms with Crippen LogP contribution >= 0.6 is 0 Å². The Balaban J connectivity index is 1.86. The van der Waals surface area contributed by atoms with Gasteiger partial charge in [-0.2, -0.15) is 5.10 Å². The molecule has 0 spiro atoms. The summed E-state index contributed by atoms with van der Waals surface area (Å²) >= 11 is 0. The van der Waals surface area contributed by atoms with Gasteiger partial charge in [0.05, 0.1) is 29.4 Å². The van der Waals surface area contributed by atoms with Crippen LogP contribution in [0.15, 0.2) is 6.07 Å². The molecular formula is C24H36N4O3. The van der Waals surface area contributed by atoms with Gasteiger partial charge in [0.25, 0.3) is 0 Å². The molecule has 2 fully saturated rings. The number of anilines is 1. The van der Waals surface area contributed by atoms with E-state index in [2.05, 4.69) is 23.4 Å². The van der Waals surface area contributed by atoms with Crippen LogP contribution in [0.1, 0.15) is 93.9 Å². The minimum Gasteiger partial charge on any atom is -0.461 e. The van der Waals surface area contributed by atoms with Crippen molar-refractivity contribution in [3.8, 4) is 0 Å². The van der Waals surface area contributed by atoms with E-state index in [1.165, 1.54) is 19.3 Å². The largest absolute Gasteiger partial charge is 0.461 e. The molecule has 31 heavy (non-hydrogen) atoms. The molecule has 0 amide bonds. The highest BCUT2D eigenvalue weighted by atomic mass is 16.5. The Hall–Kier alpha value is -2.15. The molecule has 7 heteroatoms. The molecule has 2 aromatic heterocycles. The predicted octanol–water partition coefficient (Wildman–Crippen LogP) is 4.45. The van der Waals surface area contributed by atoms with Crippen LogP contribution in [0, 0.1) is 5.92 Å². The molecule has 1 N–H and O–H groups in total. The maximum absolute atomic E-state index is 12.7. The molecule has 1 saturated carbocycles. The fourth-order valence-electron chi connectivity index (χ4n) is 5.04. The van der Waals surface area contributed by atoms with Gasteiger partial charge in [-0.05, 0) is 50.5 Å². The summed E-state index contributed by atoms with van der Waals surface area (Å²) in [5, 5.41) is 15.7. The molecule has 1 saturated heterocycles. The SMILES string of the molecule is CCOC(=O)c1cc(N2CCC(CO)CC2)c2c(C(C)C)nn(C3CCCCC3)c2n1. The molecule has 170 valence electrons. The maximum Gasteiger partial charge on any atom is 0.357 e. The van der Waals surface area contributed by atoms with Gasteiger partial charge in [-0.1, -0.05) is 33.1 Å². The number of aliphatic hydroxyl groups excluding tert-OH is 1. The predicted molar refractivity (Wildman–Crippen MR) is 122 cm³/mol. The van der Waals surface area contributed by atoms with Crippen molar-refractivity contribution in [3.63, 3.8) is 0 Å². The lowest BCUT2D eigenvalue weighted by Crippen LogP contribution is -2.35. The van der Waals surface area contributed by atoms with Gasteiger partial charge in [0.1, 0.15) is 0 Å². The third-order valence-electron chi connectivity index (χ3n) is 6.83. The average molecular weight is 429 g/mol. The highest BCUT2D eigenvalue weighted by Crippen LogP contribution is 2.38. The van der Waals surface area contributed by atoms with Crippen LogP contribution in [0.3, 0.4) is 0 Å². The molecule has 0 aromatic carbocycles. The van der Waals surface area contributed by atoms with E-state index in [0.29, 0.717) is 24.3 Å². The third kappa shape index (κ3) is 4.43. The van der Waals surface area contributed by atoms with E-state index in [0.717, 1.165) is 61.2 Å². The van der Waals surface area contributed by atoms with Crippen molar-refractivity contribution in [1.82, 2.24) is 14.8 Å². The Morgan fingerprint density at radius 2 is 1.90 bits per heavy atom. The number of piperidine rings is 1. The van der Waals surface area contributed by atoms with E-state index in [9.17, 15) is 9.90 Å². The fraction of sp³-hybridized carbons (Fsp3) is 0.708. The number of rotatable bonds is 6. The van der Waals surface area contributed by atoms with E-state index >= 15 is 0 Å². The first kappa shape index (κ1) is 22.1. The summed E-state index contributed by atoms with van der Waals surface area (Å²) in [6, 6.07) is 2.24. The van der Waals surface area contributed by atoms with Crippen LogP contribution in [0.4, 0.5) is 5.69 Å². The Kier molecular flexibility index (Phi) is 6.80. The summed E-state index contributed by atoms with van der Waals surface area (Å²) in [5.41, 5.74) is 3.28. The van der Waals surface area contributed by atoms with Gasteiger partial charge in [0.2, 0.25) is 0 Å².